The molecule has 1 fully saturated rings. The van der Waals surface area contributed by atoms with Crippen molar-refractivity contribution in [2.45, 2.75) is 38.7 Å². The molecule has 1 aliphatic rings. The molecule has 0 radical (unpaired) electrons. The molecule has 5 rings (SSSR count). The number of anilines is 4. The number of piperidine rings is 1. The standard InChI is InChI=1S/C30H34N8O3/c1-5-26(39)32-21-11-9-20(10-12-21)28(40)33-22-7-6-8-23(17-22)34-29-36-30(41-24-13-15-37(4)16-14-24)35-27-25(19(2)3)18-31-38(27)29/h5-12,17-19,24H,1,13-16H2,2-4H3,(H,32,39)(H,33,40)(H,34,35,36). The Balaban J connectivity index is 1.35. The molecule has 41 heavy (non-hydrogen) atoms. The topological polar surface area (TPSA) is 126 Å². The molecular weight excluding hydrogens is 520 g/mol. The van der Waals surface area contributed by atoms with Gasteiger partial charge in [-0.25, -0.2) is 0 Å². The van der Waals surface area contributed by atoms with E-state index in [-0.39, 0.29) is 23.8 Å². The Morgan fingerprint density at radius 1 is 1.02 bits per heavy atom. The van der Waals surface area contributed by atoms with Crippen LogP contribution < -0.4 is 20.7 Å². The van der Waals surface area contributed by atoms with Crippen LogP contribution in [0.4, 0.5) is 23.0 Å². The van der Waals surface area contributed by atoms with Crippen molar-refractivity contribution in [3.05, 3.63) is 78.5 Å². The van der Waals surface area contributed by atoms with Gasteiger partial charge in [0, 0.05) is 41.3 Å². The first-order valence-electron chi connectivity index (χ1n) is 13.6. The van der Waals surface area contributed by atoms with Crippen molar-refractivity contribution in [3.8, 4) is 6.01 Å². The van der Waals surface area contributed by atoms with Crippen molar-refractivity contribution in [2.24, 2.45) is 0 Å². The molecule has 0 aliphatic carbocycles. The summed E-state index contributed by atoms with van der Waals surface area (Å²) in [7, 11) is 2.11. The first kappa shape index (κ1) is 27.8. The smallest absolute Gasteiger partial charge is 0.322 e. The summed E-state index contributed by atoms with van der Waals surface area (Å²) in [6, 6.07) is 14.3. The highest BCUT2D eigenvalue weighted by atomic mass is 16.5. The Morgan fingerprint density at radius 3 is 2.46 bits per heavy atom. The molecule has 3 heterocycles. The van der Waals surface area contributed by atoms with E-state index in [4.69, 9.17) is 9.72 Å². The number of hydrogen-bond acceptors (Lipinski definition) is 8. The van der Waals surface area contributed by atoms with E-state index in [9.17, 15) is 9.59 Å². The van der Waals surface area contributed by atoms with E-state index in [0.717, 1.165) is 31.5 Å². The monoisotopic (exact) mass is 554 g/mol. The van der Waals surface area contributed by atoms with Crippen molar-refractivity contribution in [1.29, 1.82) is 0 Å². The number of nitrogens with zero attached hydrogens (tertiary/aromatic N) is 5. The number of likely N-dealkylation sites (tertiary alicyclic amines) is 1. The van der Waals surface area contributed by atoms with E-state index in [0.29, 0.717) is 40.2 Å². The Bertz CT molecular complexity index is 1560. The fourth-order valence-corrected chi connectivity index (χ4v) is 4.57. The zero-order valence-corrected chi connectivity index (χ0v) is 23.4. The number of carbonyl (C=O) groups excluding carboxylic acids is 2. The predicted octanol–water partition coefficient (Wildman–Crippen LogP) is 4.84. The Labute approximate surface area is 238 Å². The molecule has 1 aliphatic heterocycles. The minimum Gasteiger partial charge on any atom is -0.460 e. The van der Waals surface area contributed by atoms with Crippen molar-refractivity contribution in [3.63, 3.8) is 0 Å². The second kappa shape index (κ2) is 12.2. The average Bonchev–Trinajstić information content (AvgIpc) is 3.39. The zero-order valence-electron chi connectivity index (χ0n) is 23.4. The molecule has 11 nitrogen and oxygen atoms in total. The van der Waals surface area contributed by atoms with Gasteiger partial charge < -0.3 is 25.6 Å². The SMILES string of the molecule is C=CC(=O)Nc1ccc(C(=O)Nc2cccc(Nc3nc(OC4CCN(C)CC4)nc4c(C(C)C)cnn34)c2)cc1. The molecule has 11 heteroatoms. The minimum absolute atomic E-state index is 0.0535. The van der Waals surface area contributed by atoms with Gasteiger partial charge >= 0.3 is 6.01 Å². The molecule has 3 N–H and O–H groups in total. The summed E-state index contributed by atoms with van der Waals surface area (Å²) in [5, 5.41) is 13.4. The van der Waals surface area contributed by atoms with Crippen LogP contribution in [-0.2, 0) is 4.79 Å². The maximum Gasteiger partial charge on any atom is 0.322 e. The van der Waals surface area contributed by atoms with Crippen LogP contribution in [0, 0.1) is 0 Å². The molecule has 0 bridgehead atoms. The van der Waals surface area contributed by atoms with Gasteiger partial charge in [0.1, 0.15) is 6.10 Å². The number of hydrogen-bond donors (Lipinski definition) is 3. The lowest BCUT2D eigenvalue weighted by Gasteiger charge is -2.28. The number of carbonyl (C=O) groups is 2. The van der Waals surface area contributed by atoms with E-state index in [2.05, 4.69) is 58.4 Å². The predicted molar refractivity (Wildman–Crippen MR) is 159 cm³/mol. The largest absolute Gasteiger partial charge is 0.460 e. The molecule has 2 amide bonds. The van der Waals surface area contributed by atoms with Gasteiger partial charge in [0.15, 0.2) is 5.65 Å². The highest BCUT2D eigenvalue weighted by Crippen LogP contribution is 2.27. The van der Waals surface area contributed by atoms with Gasteiger partial charge in [-0.15, -0.1) is 0 Å². The van der Waals surface area contributed by atoms with E-state index < -0.39 is 0 Å². The maximum atomic E-state index is 12.9. The van der Waals surface area contributed by atoms with Gasteiger partial charge in [0.05, 0.1) is 6.20 Å². The van der Waals surface area contributed by atoms with Gasteiger partial charge in [0.2, 0.25) is 11.9 Å². The molecule has 1 saturated heterocycles. The molecule has 2 aromatic carbocycles. The van der Waals surface area contributed by atoms with E-state index in [1.54, 1.807) is 34.8 Å². The van der Waals surface area contributed by atoms with Gasteiger partial charge in [-0.2, -0.15) is 19.6 Å². The lowest BCUT2D eigenvalue weighted by molar-refractivity contribution is -0.111. The highest BCUT2D eigenvalue weighted by molar-refractivity contribution is 6.05. The number of aromatic nitrogens is 4. The molecule has 0 unspecified atom stereocenters. The first-order valence-corrected chi connectivity index (χ1v) is 13.6. The fraction of sp³-hybridized carbons (Fsp3) is 0.300. The Hall–Kier alpha value is -4.77. The maximum absolute atomic E-state index is 12.9. The average molecular weight is 555 g/mol. The fourth-order valence-electron chi connectivity index (χ4n) is 4.57. The van der Waals surface area contributed by atoms with E-state index in [1.807, 2.05) is 24.4 Å². The van der Waals surface area contributed by atoms with Gasteiger partial charge in [0.25, 0.3) is 5.91 Å². The van der Waals surface area contributed by atoms with Crippen LogP contribution in [0.3, 0.4) is 0 Å². The summed E-state index contributed by atoms with van der Waals surface area (Å²) >= 11 is 0. The lowest BCUT2D eigenvalue weighted by Crippen LogP contribution is -2.36. The zero-order chi connectivity index (χ0) is 28.9. The van der Waals surface area contributed by atoms with E-state index >= 15 is 0 Å². The van der Waals surface area contributed by atoms with Crippen LogP contribution in [0.25, 0.3) is 5.65 Å². The van der Waals surface area contributed by atoms with Crippen molar-refractivity contribution < 1.29 is 14.3 Å². The van der Waals surface area contributed by atoms with Gasteiger partial charge in [-0.05, 0) is 74.3 Å². The third-order valence-electron chi connectivity index (χ3n) is 6.91. The Morgan fingerprint density at radius 2 is 1.76 bits per heavy atom. The van der Waals surface area contributed by atoms with Crippen LogP contribution in [0.15, 0.2) is 67.4 Å². The van der Waals surface area contributed by atoms with Gasteiger partial charge in [-0.1, -0.05) is 26.5 Å². The van der Waals surface area contributed by atoms with Crippen LogP contribution in [0.5, 0.6) is 6.01 Å². The molecular formula is C30H34N8O3. The molecule has 212 valence electrons. The Kier molecular flexibility index (Phi) is 8.25. The highest BCUT2D eigenvalue weighted by Gasteiger charge is 2.22. The summed E-state index contributed by atoms with van der Waals surface area (Å²) in [4.78, 5) is 36.0. The summed E-state index contributed by atoms with van der Waals surface area (Å²) in [5.41, 5.74) is 4.02. The molecule has 2 aromatic heterocycles. The minimum atomic E-state index is -0.316. The first-order chi connectivity index (χ1) is 19.8. The summed E-state index contributed by atoms with van der Waals surface area (Å²) in [6.45, 7) is 9.57. The number of benzene rings is 2. The summed E-state index contributed by atoms with van der Waals surface area (Å²) in [6.07, 6.45) is 4.88. The van der Waals surface area contributed by atoms with Crippen molar-refractivity contribution >= 4 is 40.5 Å². The number of amides is 2. The number of fused-ring (bicyclic) bond motifs is 1. The van der Waals surface area contributed by atoms with Crippen LogP contribution in [0.1, 0.15) is 48.5 Å². The van der Waals surface area contributed by atoms with Crippen LogP contribution in [-0.4, -0.2) is 62.5 Å². The second-order valence-electron chi connectivity index (χ2n) is 10.4. The third-order valence-corrected chi connectivity index (χ3v) is 6.91. The number of ether oxygens (including phenoxy) is 1. The van der Waals surface area contributed by atoms with Crippen molar-refractivity contribution in [1.82, 2.24) is 24.5 Å². The van der Waals surface area contributed by atoms with E-state index in [1.165, 1.54) is 6.08 Å². The normalized spacial score (nSPS) is 14.1. The summed E-state index contributed by atoms with van der Waals surface area (Å²) < 4.78 is 7.92. The van der Waals surface area contributed by atoms with Gasteiger partial charge in [-0.3, -0.25) is 9.59 Å². The van der Waals surface area contributed by atoms with Crippen LogP contribution >= 0.6 is 0 Å². The molecule has 0 atom stereocenters. The van der Waals surface area contributed by atoms with Crippen LogP contribution in [0.2, 0.25) is 0 Å². The molecule has 0 spiro atoms. The quantitative estimate of drug-likeness (QED) is 0.251. The second-order valence-corrected chi connectivity index (χ2v) is 10.4. The molecule has 4 aromatic rings. The number of nitrogens with one attached hydrogen (secondary N) is 3. The summed E-state index contributed by atoms with van der Waals surface area (Å²) in [5.74, 6) is 0.0851. The number of rotatable bonds is 9. The molecule has 0 saturated carbocycles. The lowest BCUT2D eigenvalue weighted by atomic mass is 10.1. The van der Waals surface area contributed by atoms with Crippen molar-refractivity contribution in [2.75, 3.05) is 36.1 Å². The third kappa shape index (κ3) is 6.69.